The molecule has 4 heteroatoms. The molecule has 1 aromatic carbocycles. The molecule has 1 amide bonds. The van der Waals surface area contributed by atoms with Crippen LogP contribution in [0.3, 0.4) is 0 Å². The fourth-order valence-corrected chi connectivity index (χ4v) is 3.96. The van der Waals surface area contributed by atoms with Crippen molar-refractivity contribution in [2.45, 2.75) is 20.3 Å². The van der Waals surface area contributed by atoms with Gasteiger partial charge in [-0.05, 0) is 36.5 Å². The Kier molecular flexibility index (Phi) is 4.04. The van der Waals surface area contributed by atoms with Crippen molar-refractivity contribution in [3.05, 3.63) is 48.3 Å². The second-order valence-electron chi connectivity index (χ2n) is 7.35. The third kappa shape index (κ3) is 3.16. The number of aromatic amines is 1. The summed E-state index contributed by atoms with van der Waals surface area (Å²) in [6.45, 7) is 6.13. The number of H-pyrrole nitrogens is 1. The van der Waals surface area contributed by atoms with E-state index in [0.717, 1.165) is 35.2 Å². The molecule has 3 heterocycles. The molecule has 128 valence electrons. The van der Waals surface area contributed by atoms with Crippen molar-refractivity contribution < 1.29 is 4.79 Å². The largest absolute Gasteiger partial charge is 0.353 e. The Hall–Kier alpha value is -2.62. The number of hydrogen-bond donors (Lipinski definition) is 1. The summed E-state index contributed by atoms with van der Waals surface area (Å²) in [5, 5.41) is 2.32. The summed E-state index contributed by atoms with van der Waals surface area (Å²) in [5.41, 5.74) is 2.93. The standard InChI is InChI=1S/C21H23N3O/c1-14-9-15(2)13-24(12-14)21(25)8-7-16-10-18-17-5-3-4-6-19(17)23-20(18)11-22-16/h3-8,10-11,14-15,23H,9,12-13H2,1-2H3/b8-7+. The van der Waals surface area contributed by atoms with Crippen LogP contribution in [0.5, 0.6) is 0 Å². The molecule has 1 N–H and O–H groups in total. The van der Waals surface area contributed by atoms with Gasteiger partial charge >= 0.3 is 0 Å². The van der Waals surface area contributed by atoms with E-state index in [9.17, 15) is 4.79 Å². The zero-order valence-electron chi connectivity index (χ0n) is 14.7. The van der Waals surface area contributed by atoms with E-state index in [-0.39, 0.29) is 5.91 Å². The Morgan fingerprint density at radius 1 is 1.16 bits per heavy atom. The van der Waals surface area contributed by atoms with E-state index in [1.54, 1.807) is 6.08 Å². The van der Waals surface area contributed by atoms with Crippen LogP contribution in [0.4, 0.5) is 0 Å². The monoisotopic (exact) mass is 333 g/mol. The molecule has 0 spiro atoms. The van der Waals surface area contributed by atoms with E-state index in [1.165, 1.54) is 11.8 Å². The van der Waals surface area contributed by atoms with Gasteiger partial charge in [0.25, 0.3) is 0 Å². The van der Waals surface area contributed by atoms with Crippen molar-refractivity contribution in [1.82, 2.24) is 14.9 Å². The summed E-state index contributed by atoms with van der Waals surface area (Å²) in [7, 11) is 0. The quantitative estimate of drug-likeness (QED) is 0.713. The number of amides is 1. The van der Waals surface area contributed by atoms with E-state index < -0.39 is 0 Å². The van der Waals surface area contributed by atoms with Gasteiger partial charge in [-0.1, -0.05) is 32.0 Å². The molecule has 1 saturated heterocycles. The molecule has 0 saturated carbocycles. The zero-order valence-corrected chi connectivity index (χ0v) is 14.7. The number of fused-ring (bicyclic) bond motifs is 3. The van der Waals surface area contributed by atoms with E-state index in [4.69, 9.17) is 0 Å². The Balaban J connectivity index is 1.58. The number of nitrogens with one attached hydrogen (secondary N) is 1. The van der Waals surface area contributed by atoms with Gasteiger partial charge in [-0.2, -0.15) is 0 Å². The molecule has 4 rings (SSSR count). The summed E-state index contributed by atoms with van der Waals surface area (Å²) in [6.07, 6.45) is 6.53. The molecular formula is C21H23N3O. The Morgan fingerprint density at radius 2 is 1.92 bits per heavy atom. The number of aromatic nitrogens is 2. The summed E-state index contributed by atoms with van der Waals surface area (Å²) in [4.78, 5) is 22.3. The fraction of sp³-hybridized carbons (Fsp3) is 0.333. The number of para-hydroxylation sites is 1. The number of hydrogen-bond acceptors (Lipinski definition) is 2. The summed E-state index contributed by atoms with van der Waals surface area (Å²) < 4.78 is 0. The van der Waals surface area contributed by atoms with E-state index in [0.29, 0.717) is 11.8 Å². The second-order valence-corrected chi connectivity index (χ2v) is 7.35. The number of carbonyl (C=O) groups is 1. The number of carbonyl (C=O) groups excluding carboxylic acids is 1. The minimum Gasteiger partial charge on any atom is -0.353 e. The molecule has 1 fully saturated rings. The Labute approximate surface area is 147 Å². The van der Waals surface area contributed by atoms with Gasteiger partial charge in [-0.15, -0.1) is 0 Å². The van der Waals surface area contributed by atoms with Gasteiger partial charge < -0.3 is 9.88 Å². The number of rotatable bonds is 2. The SMILES string of the molecule is CC1CC(C)CN(C(=O)/C=C/c2cc3c(cn2)[nH]c2ccccc23)C1. The Morgan fingerprint density at radius 3 is 2.72 bits per heavy atom. The first-order valence-electron chi connectivity index (χ1n) is 8.93. The number of benzene rings is 1. The van der Waals surface area contributed by atoms with Gasteiger partial charge in [0.05, 0.1) is 17.4 Å². The maximum Gasteiger partial charge on any atom is 0.246 e. The van der Waals surface area contributed by atoms with Gasteiger partial charge in [0.15, 0.2) is 0 Å². The molecule has 0 bridgehead atoms. The molecule has 0 aliphatic carbocycles. The highest BCUT2D eigenvalue weighted by atomic mass is 16.2. The van der Waals surface area contributed by atoms with E-state index >= 15 is 0 Å². The fourth-order valence-electron chi connectivity index (χ4n) is 3.96. The molecule has 3 aromatic rings. The molecule has 4 nitrogen and oxygen atoms in total. The molecular weight excluding hydrogens is 310 g/mol. The van der Waals surface area contributed by atoms with Crippen LogP contribution in [0.2, 0.25) is 0 Å². The third-order valence-corrected chi connectivity index (χ3v) is 4.99. The lowest BCUT2D eigenvalue weighted by molar-refractivity contribution is -0.128. The predicted molar refractivity (Wildman–Crippen MR) is 102 cm³/mol. The third-order valence-electron chi connectivity index (χ3n) is 4.99. The normalized spacial score (nSPS) is 21.4. The minimum atomic E-state index is 0.0826. The molecule has 1 aliphatic heterocycles. The van der Waals surface area contributed by atoms with Crippen LogP contribution in [0.25, 0.3) is 27.9 Å². The van der Waals surface area contributed by atoms with Gasteiger partial charge in [-0.25, -0.2) is 0 Å². The highest BCUT2D eigenvalue weighted by molar-refractivity contribution is 6.07. The van der Waals surface area contributed by atoms with Crippen molar-refractivity contribution in [1.29, 1.82) is 0 Å². The number of pyridine rings is 1. The number of piperidine rings is 1. The summed E-state index contributed by atoms with van der Waals surface area (Å²) in [5.74, 6) is 1.22. The first kappa shape index (κ1) is 15.9. The lowest BCUT2D eigenvalue weighted by atomic mass is 9.92. The predicted octanol–water partition coefficient (Wildman–Crippen LogP) is 4.23. The molecule has 25 heavy (non-hydrogen) atoms. The van der Waals surface area contributed by atoms with Crippen molar-refractivity contribution in [2.24, 2.45) is 11.8 Å². The molecule has 2 atom stereocenters. The molecule has 2 unspecified atom stereocenters. The maximum absolute atomic E-state index is 12.5. The summed E-state index contributed by atoms with van der Waals surface area (Å²) in [6, 6.07) is 10.3. The molecule has 1 aliphatic rings. The number of nitrogens with zero attached hydrogens (tertiary/aromatic N) is 2. The van der Waals surface area contributed by atoms with Crippen LogP contribution in [0, 0.1) is 11.8 Å². The average Bonchev–Trinajstić information content (AvgIpc) is 2.97. The van der Waals surface area contributed by atoms with Crippen LogP contribution in [-0.4, -0.2) is 33.9 Å². The van der Waals surface area contributed by atoms with Crippen molar-refractivity contribution in [3.8, 4) is 0 Å². The highest BCUT2D eigenvalue weighted by Crippen LogP contribution is 2.25. The van der Waals surface area contributed by atoms with Gasteiger partial charge in [-0.3, -0.25) is 9.78 Å². The maximum atomic E-state index is 12.5. The minimum absolute atomic E-state index is 0.0826. The molecule has 0 radical (unpaired) electrons. The van der Waals surface area contributed by atoms with Crippen molar-refractivity contribution in [3.63, 3.8) is 0 Å². The Bertz CT molecular complexity index is 946. The van der Waals surface area contributed by atoms with Crippen molar-refractivity contribution >= 4 is 33.8 Å². The first-order chi connectivity index (χ1) is 12.1. The van der Waals surface area contributed by atoms with Crippen LogP contribution < -0.4 is 0 Å². The van der Waals surface area contributed by atoms with Gasteiger partial charge in [0.2, 0.25) is 5.91 Å². The average molecular weight is 333 g/mol. The second kappa shape index (κ2) is 6.36. The van der Waals surface area contributed by atoms with E-state index in [1.807, 2.05) is 35.4 Å². The van der Waals surface area contributed by atoms with Crippen molar-refractivity contribution in [2.75, 3.05) is 13.1 Å². The smallest absolute Gasteiger partial charge is 0.246 e. The van der Waals surface area contributed by atoms with Gasteiger partial charge in [0, 0.05) is 35.5 Å². The van der Waals surface area contributed by atoms with Crippen LogP contribution in [0.1, 0.15) is 26.0 Å². The molecule has 2 aromatic heterocycles. The highest BCUT2D eigenvalue weighted by Gasteiger charge is 2.23. The topological polar surface area (TPSA) is 49.0 Å². The lowest BCUT2D eigenvalue weighted by Crippen LogP contribution is -2.41. The zero-order chi connectivity index (χ0) is 17.4. The lowest BCUT2D eigenvalue weighted by Gasteiger charge is -2.34. The van der Waals surface area contributed by atoms with Gasteiger partial charge in [0.1, 0.15) is 0 Å². The van der Waals surface area contributed by atoms with E-state index in [2.05, 4.69) is 35.9 Å². The van der Waals surface area contributed by atoms with Crippen LogP contribution in [-0.2, 0) is 4.79 Å². The number of likely N-dealkylation sites (tertiary alicyclic amines) is 1. The van der Waals surface area contributed by atoms with Crippen LogP contribution in [0.15, 0.2) is 42.6 Å². The first-order valence-corrected chi connectivity index (χ1v) is 8.93. The van der Waals surface area contributed by atoms with Crippen LogP contribution >= 0.6 is 0 Å². The summed E-state index contributed by atoms with van der Waals surface area (Å²) >= 11 is 0.